The monoisotopic (exact) mass is 266 g/mol. The number of carbonyl (C=O) groups is 1. The highest BCUT2D eigenvalue weighted by Crippen LogP contribution is 2.34. The second-order valence-corrected chi connectivity index (χ2v) is 5.49. The number of hydrogen-bond donors (Lipinski definition) is 0. The Labute approximate surface area is 118 Å². The van der Waals surface area contributed by atoms with Crippen LogP contribution in [0.2, 0.25) is 0 Å². The van der Waals surface area contributed by atoms with Crippen LogP contribution < -0.4 is 4.90 Å². The molecule has 102 valence electrons. The first-order valence-electron chi connectivity index (χ1n) is 6.71. The zero-order valence-electron chi connectivity index (χ0n) is 12.3. The lowest BCUT2D eigenvalue weighted by Gasteiger charge is -2.12. The average molecular weight is 266 g/mol. The maximum atomic E-state index is 11.5. The van der Waals surface area contributed by atoms with Crippen molar-refractivity contribution in [2.45, 2.75) is 13.8 Å². The lowest BCUT2D eigenvalue weighted by atomic mass is 10.0. The number of rotatable bonds is 2. The molecule has 0 aliphatic carbocycles. The minimum Gasteiger partial charge on any atom is -0.378 e. The average Bonchev–Trinajstić information content (AvgIpc) is 2.77. The Morgan fingerprint density at radius 1 is 1.05 bits per heavy atom. The number of anilines is 1. The molecule has 0 saturated carbocycles. The number of hydrogen-bond acceptors (Lipinski definition) is 2. The van der Waals surface area contributed by atoms with Crippen molar-refractivity contribution in [3.05, 3.63) is 41.5 Å². The molecule has 0 spiro atoms. The number of fused-ring (bicyclic) bond motifs is 3. The molecule has 3 rings (SSSR count). The Morgan fingerprint density at radius 3 is 2.40 bits per heavy atom. The summed E-state index contributed by atoms with van der Waals surface area (Å²) in [6.07, 6.45) is 0.909. The smallest absolute Gasteiger partial charge is 0.218 e. The summed E-state index contributed by atoms with van der Waals surface area (Å²) in [5, 5.41) is 2.32. The molecule has 3 aromatic rings. The van der Waals surface area contributed by atoms with E-state index in [0.717, 1.165) is 34.1 Å². The van der Waals surface area contributed by atoms with Crippen LogP contribution in [0.4, 0.5) is 5.69 Å². The molecule has 0 aliphatic rings. The summed E-state index contributed by atoms with van der Waals surface area (Å²) < 4.78 is 1.76. The van der Waals surface area contributed by atoms with Crippen molar-refractivity contribution < 1.29 is 4.79 Å². The maximum absolute atomic E-state index is 11.5. The Bertz CT molecular complexity index is 828. The second-order valence-electron chi connectivity index (χ2n) is 5.49. The molecule has 0 saturated heterocycles. The van der Waals surface area contributed by atoms with Crippen molar-refractivity contribution in [3.63, 3.8) is 0 Å². The highest BCUT2D eigenvalue weighted by atomic mass is 16.1. The SMILES string of the molecule is Cc1ccc(C)c2c1c1cc(N(C)C)ccc1n2C=O. The number of aromatic nitrogens is 1. The number of nitrogens with zero attached hydrogens (tertiary/aromatic N) is 2. The highest BCUT2D eigenvalue weighted by Gasteiger charge is 2.14. The molecule has 2 aromatic carbocycles. The van der Waals surface area contributed by atoms with Crippen molar-refractivity contribution >= 4 is 33.9 Å². The summed E-state index contributed by atoms with van der Waals surface area (Å²) in [6.45, 7) is 4.15. The molecule has 20 heavy (non-hydrogen) atoms. The van der Waals surface area contributed by atoms with E-state index < -0.39 is 0 Å². The molecule has 0 N–H and O–H groups in total. The van der Waals surface area contributed by atoms with Gasteiger partial charge in [0.25, 0.3) is 0 Å². The third-order valence-electron chi connectivity index (χ3n) is 3.96. The minimum atomic E-state index is 0.909. The van der Waals surface area contributed by atoms with E-state index >= 15 is 0 Å². The third kappa shape index (κ3) is 1.63. The van der Waals surface area contributed by atoms with E-state index in [1.54, 1.807) is 4.57 Å². The topological polar surface area (TPSA) is 25.2 Å². The fourth-order valence-corrected chi connectivity index (χ4v) is 2.89. The molecule has 0 atom stereocenters. The van der Waals surface area contributed by atoms with Gasteiger partial charge < -0.3 is 4.90 Å². The van der Waals surface area contributed by atoms with Crippen molar-refractivity contribution in [2.24, 2.45) is 0 Å². The Morgan fingerprint density at radius 2 is 1.75 bits per heavy atom. The zero-order chi connectivity index (χ0) is 14.4. The summed E-state index contributed by atoms with van der Waals surface area (Å²) in [6, 6.07) is 10.4. The van der Waals surface area contributed by atoms with Gasteiger partial charge >= 0.3 is 0 Å². The van der Waals surface area contributed by atoms with Crippen molar-refractivity contribution in [1.29, 1.82) is 0 Å². The van der Waals surface area contributed by atoms with Gasteiger partial charge in [0.05, 0.1) is 11.0 Å². The van der Waals surface area contributed by atoms with Gasteiger partial charge in [-0.2, -0.15) is 0 Å². The maximum Gasteiger partial charge on any atom is 0.218 e. The Kier molecular flexibility index (Phi) is 2.78. The lowest BCUT2D eigenvalue weighted by Crippen LogP contribution is -2.08. The minimum absolute atomic E-state index is 0.909. The van der Waals surface area contributed by atoms with Gasteiger partial charge in [-0.05, 0) is 43.2 Å². The summed E-state index contributed by atoms with van der Waals surface area (Å²) in [4.78, 5) is 13.6. The van der Waals surface area contributed by atoms with E-state index in [1.807, 2.05) is 33.2 Å². The van der Waals surface area contributed by atoms with Gasteiger partial charge in [0.15, 0.2) is 0 Å². The van der Waals surface area contributed by atoms with E-state index in [-0.39, 0.29) is 0 Å². The third-order valence-corrected chi connectivity index (χ3v) is 3.96. The molecule has 3 heteroatoms. The van der Waals surface area contributed by atoms with Crippen LogP contribution in [0.3, 0.4) is 0 Å². The molecule has 0 fully saturated rings. The van der Waals surface area contributed by atoms with Crippen molar-refractivity contribution in [2.75, 3.05) is 19.0 Å². The number of benzene rings is 2. The van der Waals surface area contributed by atoms with Crippen LogP contribution in [0, 0.1) is 13.8 Å². The quantitative estimate of drug-likeness (QED) is 0.663. The van der Waals surface area contributed by atoms with Crippen LogP contribution in [0.25, 0.3) is 21.8 Å². The van der Waals surface area contributed by atoms with Gasteiger partial charge in [-0.1, -0.05) is 12.1 Å². The van der Waals surface area contributed by atoms with E-state index in [1.165, 1.54) is 10.9 Å². The molecular formula is C17H18N2O. The summed E-state index contributed by atoms with van der Waals surface area (Å²) >= 11 is 0. The van der Waals surface area contributed by atoms with E-state index in [0.29, 0.717) is 0 Å². The van der Waals surface area contributed by atoms with Gasteiger partial charge in [-0.25, -0.2) is 0 Å². The zero-order valence-corrected chi connectivity index (χ0v) is 12.3. The van der Waals surface area contributed by atoms with Crippen molar-refractivity contribution in [3.8, 4) is 0 Å². The first-order chi connectivity index (χ1) is 9.54. The van der Waals surface area contributed by atoms with Crippen LogP contribution >= 0.6 is 0 Å². The molecule has 1 heterocycles. The normalized spacial score (nSPS) is 11.2. The standard InChI is InChI=1S/C17H18N2O/c1-11-5-6-12(2)17-16(11)14-9-13(18(3)4)7-8-15(14)19(17)10-20/h5-10H,1-4H3. The van der Waals surface area contributed by atoms with Crippen molar-refractivity contribution in [1.82, 2.24) is 4.57 Å². The second kappa shape index (κ2) is 4.37. The molecule has 1 aromatic heterocycles. The lowest BCUT2D eigenvalue weighted by molar-refractivity contribution is 0.550. The molecular weight excluding hydrogens is 248 g/mol. The van der Waals surface area contributed by atoms with Gasteiger partial charge in [0.2, 0.25) is 6.41 Å². The van der Waals surface area contributed by atoms with Gasteiger partial charge in [0.1, 0.15) is 0 Å². The van der Waals surface area contributed by atoms with E-state index in [2.05, 4.69) is 30.0 Å². The predicted molar refractivity (Wildman–Crippen MR) is 85.4 cm³/mol. The molecule has 0 unspecified atom stereocenters. The Balaban J connectivity index is 2.57. The van der Waals surface area contributed by atoms with Crippen LogP contribution in [0.1, 0.15) is 11.1 Å². The number of aryl methyl sites for hydroxylation is 2. The Hall–Kier alpha value is -2.29. The van der Waals surface area contributed by atoms with Crippen LogP contribution in [0.5, 0.6) is 0 Å². The number of carbonyl (C=O) groups excluding carboxylic acids is 1. The van der Waals surface area contributed by atoms with Gasteiger partial charge in [-0.3, -0.25) is 9.36 Å². The van der Waals surface area contributed by atoms with Gasteiger partial charge in [0, 0.05) is 30.6 Å². The molecule has 0 bridgehead atoms. The fraction of sp³-hybridized carbons (Fsp3) is 0.235. The molecule has 3 nitrogen and oxygen atoms in total. The predicted octanol–water partition coefficient (Wildman–Crippen LogP) is 3.52. The van der Waals surface area contributed by atoms with E-state index in [9.17, 15) is 4.79 Å². The fourth-order valence-electron chi connectivity index (χ4n) is 2.89. The molecule has 0 aliphatic heterocycles. The first kappa shape index (κ1) is 12.7. The van der Waals surface area contributed by atoms with Crippen LogP contribution in [0.15, 0.2) is 30.3 Å². The molecule has 0 radical (unpaired) electrons. The largest absolute Gasteiger partial charge is 0.378 e. The van der Waals surface area contributed by atoms with E-state index in [4.69, 9.17) is 0 Å². The summed E-state index contributed by atoms with van der Waals surface area (Å²) in [5.74, 6) is 0. The first-order valence-corrected chi connectivity index (χ1v) is 6.71. The van der Waals surface area contributed by atoms with Gasteiger partial charge in [-0.15, -0.1) is 0 Å². The van der Waals surface area contributed by atoms with Crippen LogP contribution in [-0.2, 0) is 4.79 Å². The highest BCUT2D eigenvalue weighted by molar-refractivity contribution is 6.14. The molecule has 0 amide bonds. The van der Waals surface area contributed by atoms with Crippen LogP contribution in [-0.4, -0.2) is 25.1 Å². The summed E-state index contributed by atoms with van der Waals surface area (Å²) in [7, 11) is 4.05. The summed E-state index contributed by atoms with van der Waals surface area (Å²) in [5.41, 5.74) is 5.46.